The molecule has 2 aromatic carbocycles. The number of nitrogens with one attached hydrogen (secondary N) is 1. The molecule has 0 fully saturated rings. The van der Waals surface area contributed by atoms with Crippen LogP contribution in [0.3, 0.4) is 0 Å². The monoisotopic (exact) mass is 327 g/mol. The number of benzene rings is 2. The minimum atomic E-state index is -0.0415. The summed E-state index contributed by atoms with van der Waals surface area (Å²) in [7, 11) is 0. The number of hydrogen-bond donors (Lipinski definition) is 1. The third-order valence-electron chi connectivity index (χ3n) is 3.70. The Bertz CT molecular complexity index is 714. The van der Waals surface area contributed by atoms with Gasteiger partial charge in [-0.2, -0.15) is 0 Å². The molecule has 1 heterocycles. The average Bonchev–Trinajstić information content (AvgIpc) is 3.07. The third-order valence-corrected chi connectivity index (χ3v) is 3.70. The topological polar surface area (TPSA) is 56.8 Å². The van der Waals surface area contributed by atoms with E-state index in [1.165, 1.54) is 0 Å². The number of aryl methyl sites for hydroxylation is 1. The van der Waals surface area contributed by atoms with E-state index in [1.54, 1.807) is 0 Å². The summed E-state index contributed by atoms with van der Waals surface area (Å²) < 4.78 is 16.3. The number of carbonyl (C=O) groups is 1. The molecule has 0 aliphatic carbocycles. The van der Waals surface area contributed by atoms with Crippen molar-refractivity contribution in [2.24, 2.45) is 0 Å². The van der Waals surface area contributed by atoms with Crippen LogP contribution in [-0.4, -0.2) is 19.3 Å². The first-order chi connectivity index (χ1) is 11.8. The molecule has 126 valence electrons. The van der Waals surface area contributed by atoms with Crippen LogP contribution in [0.2, 0.25) is 0 Å². The van der Waals surface area contributed by atoms with Gasteiger partial charge < -0.3 is 19.5 Å². The van der Waals surface area contributed by atoms with Crippen molar-refractivity contribution in [3.05, 3.63) is 48.0 Å². The highest BCUT2D eigenvalue weighted by Gasteiger charge is 2.14. The predicted octanol–water partition coefficient (Wildman–Crippen LogP) is 3.78. The van der Waals surface area contributed by atoms with Crippen molar-refractivity contribution in [1.29, 1.82) is 0 Å². The van der Waals surface area contributed by atoms with Crippen LogP contribution in [-0.2, 0) is 11.2 Å². The van der Waals surface area contributed by atoms with E-state index < -0.39 is 0 Å². The number of fused-ring (bicyclic) bond motifs is 1. The Labute approximate surface area is 141 Å². The van der Waals surface area contributed by atoms with Crippen LogP contribution >= 0.6 is 0 Å². The average molecular weight is 327 g/mol. The van der Waals surface area contributed by atoms with Gasteiger partial charge in [0.15, 0.2) is 11.5 Å². The Hall–Kier alpha value is -2.69. The third kappa shape index (κ3) is 3.98. The van der Waals surface area contributed by atoms with E-state index in [2.05, 4.69) is 5.32 Å². The largest absolute Gasteiger partial charge is 0.491 e. The van der Waals surface area contributed by atoms with Crippen LogP contribution in [0.4, 0.5) is 5.69 Å². The van der Waals surface area contributed by atoms with Gasteiger partial charge in [-0.15, -0.1) is 0 Å². The minimum absolute atomic E-state index is 0.0415. The molecular weight excluding hydrogens is 306 g/mol. The first-order valence-electron chi connectivity index (χ1n) is 8.16. The standard InChI is InChI=1S/C19H21NO4/c1-2-11-22-16-6-4-3-5-15(16)20-19(21)10-8-14-7-9-17-18(12-14)24-13-23-17/h3-7,9,12H,2,8,10-11,13H2,1H3,(H,20,21). The van der Waals surface area contributed by atoms with E-state index in [-0.39, 0.29) is 12.7 Å². The van der Waals surface area contributed by atoms with Gasteiger partial charge in [-0.25, -0.2) is 0 Å². The highest BCUT2D eigenvalue weighted by Crippen LogP contribution is 2.32. The first-order valence-corrected chi connectivity index (χ1v) is 8.16. The molecule has 5 heteroatoms. The molecule has 1 aliphatic rings. The van der Waals surface area contributed by atoms with Gasteiger partial charge >= 0.3 is 0 Å². The van der Waals surface area contributed by atoms with Crippen LogP contribution in [0.5, 0.6) is 17.2 Å². The van der Waals surface area contributed by atoms with Crippen molar-refractivity contribution >= 4 is 11.6 Å². The van der Waals surface area contributed by atoms with Crippen molar-refractivity contribution in [2.45, 2.75) is 26.2 Å². The summed E-state index contributed by atoms with van der Waals surface area (Å²) in [6.07, 6.45) is 1.95. The van der Waals surface area contributed by atoms with Gasteiger partial charge in [0, 0.05) is 6.42 Å². The molecule has 1 amide bonds. The Morgan fingerprint density at radius 1 is 1.17 bits per heavy atom. The zero-order valence-corrected chi connectivity index (χ0v) is 13.7. The second-order valence-electron chi connectivity index (χ2n) is 5.58. The van der Waals surface area contributed by atoms with Gasteiger partial charge in [0.05, 0.1) is 12.3 Å². The molecule has 0 saturated heterocycles. The van der Waals surface area contributed by atoms with Gasteiger partial charge in [0.25, 0.3) is 0 Å². The fourth-order valence-electron chi connectivity index (χ4n) is 2.47. The van der Waals surface area contributed by atoms with Crippen LogP contribution in [0.15, 0.2) is 42.5 Å². The Kier molecular flexibility index (Phi) is 5.21. The summed E-state index contributed by atoms with van der Waals surface area (Å²) >= 11 is 0. The number of carbonyl (C=O) groups excluding carboxylic acids is 1. The van der Waals surface area contributed by atoms with E-state index in [0.717, 1.165) is 23.5 Å². The summed E-state index contributed by atoms with van der Waals surface area (Å²) in [5.74, 6) is 2.16. The van der Waals surface area contributed by atoms with Gasteiger partial charge in [-0.1, -0.05) is 25.1 Å². The minimum Gasteiger partial charge on any atom is -0.491 e. The lowest BCUT2D eigenvalue weighted by atomic mass is 10.1. The maximum atomic E-state index is 12.2. The second kappa shape index (κ2) is 7.73. The maximum Gasteiger partial charge on any atom is 0.231 e. The second-order valence-corrected chi connectivity index (χ2v) is 5.58. The van der Waals surface area contributed by atoms with Crippen molar-refractivity contribution in [2.75, 3.05) is 18.7 Å². The molecule has 1 N–H and O–H groups in total. The van der Waals surface area contributed by atoms with Crippen molar-refractivity contribution < 1.29 is 19.0 Å². The summed E-state index contributed by atoms with van der Waals surface area (Å²) in [5.41, 5.74) is 1.76. The van der Waals surface area contributed by atoms with Crippen LogP contribution < -0.4 is 19.5 Å². The summed E-state index contributed by atoms with van der Waals surface area (Å²) in [6.45, 7) is 2.93. The summed E-state index contributed by atoms with van der Waals surface area (Å²) in [6, 6.07) is 13.3. The molecule has 24 heavy (non-hydrogen) atoms. The number of hydrogen-bond acceptors (Lipinski definition) is 4. The normalized spacial score (nSPS) is 12.0. The fraction of sp³-hybridized carbons (Fsp3) is 0.316. The Balaban J connectivity index is 1.56. The molecule has 0 aromatic heterocycles. The molecule has 0 atom stereocenters. The van der Waals surface area contributed by atoms with Crippen LogP contribution in [0.25, 0.3) is 0 Å². The van der Waals surface area contributed by atoms with E-state index in [9.17, 15) is 4.79 Å². The van der Waals surface area contributed by atoms with Crippen LogP contribution in [0, 0.1) is 0 Å². The quantitative estimate of drug-likeness (QED) is 0.841. The molecule has 0 unspecified atom stereocenters. The molecule has 5 nitrogen and oxygen atoms in total. The zero-order valence-electron chi connectivity index (χ0n) is 13.7. The lowest BCUT2D eigenvalue weighted by Crippen LogP contribution is -2.13. The van der Waals surface area contributed by atoms with Gasteiger partial charge in [-0.05, 0) is 42.7 Å². The van der Waals surface area contributed by atoms with Gasteiger partial charge in [0.2, 0.25) is 12.7 Å². The van der Waals surface area contributed by atoms with E-state index in [4.69, 9.17) is 14.2 Å². The fourth-order valence-corrected chi connectivity index (χ4v) is 2.47. The number of amides is 1. The summed E-state index contributed by atoms with van der Waals surface area (Å²) in [4.78, 5) is 12.2. The van der Waals surface area contributed by atoms with Crippen molar-refractivity contribution in [3.8, 4) is 17.2 Å². The lowest BCUT2D eigenvalue weighted by Gasteiger charge is -2.12. The number of rotatable bonds is 7. The molecule has 1 aliphatic heterocycles. The summed E-state index contributed by atoms with van der Waals surface area (Å²) in [5, 5.41) is 2.92. The highest BCUT2D eigenvalue weighted by atomic mass is 16.7. The zero-order chi connectivity index (χ0) is 16.8. The van der Waals surface area contributed by atoms with Gasteiger partial charge in [0.1, 0.15) is 5.75 Å². The molecule has 0 radical (unpaired) electrons. The molecule has 3 rings (SSSR count). The molecule has 2 aromatic rings. The smallest absolute Gasteiger partial charge is 0.231 e. The van der Waals surface area contributed by atoms with E-state index >= 15 is 0 Å². The van der Waals surface area contributed by atoms with E-state index in [1.807, 2.05) is 49.4 Å². The number of para-hydroxylation sites is 2. The molecule has 0 bridgehead atoms. The predicted molar refractivity (Wildman–Crippen MR) is 91.7 cm³/mol. The van der Waals surface area contributed by atoms with Crippen molar-refractivity contribution in [1.82, 2.24) is 0 Å². The lowest BCUT2D eigenvalue weighted by molar-refractivity contribution is -0.116. The number of anilines is 1. The Morgan fingerprint density at radius 3 is 2.88 bits per heavy atom. The first kappa shape index (κ1) is 16.2. The Morgan fingerprint density at radius 2 is 2.00 bits per heavy atom. The van der Waals surface area contributed by atoms with Gasteiger partial charge in [-0.3, -0.25) is 4.79 Å². The maximum absolute atomic E-state index is 12.2. The van der Waals surface area contributed by atoms with Crippen molar-refractivity contribution in [3.63, 3.8) is 0 Å². The van der Waals surface area contributed by atoms with E-state index in [0.29, 0.717) is 30.9 Å². The SMILES string of the molecule is CCCOc1ccccc1NC(=O)CCc1ccc2c(c1)OCO2. The molecule has 0 saturated carbocycles. The van der Waals surface area contributed by atoms with Crippen LogP contribution in [0.1, 0.15) is 25.3 Å². The molecular formula is C19H21NO4. The highest BCUT2D eigenvalue weighted by molar-refractivity contribution is 5.92. The molecule has 0 spiro atoms. The number of ether oxygens (including phenoxy) is 3.